The van der Waals surface area contributed by atoms with Crippen LogP contribution in [0.5, 0.6) is 0 Å². The largest absolute Gasteiger partial charge is 0.326 e. The van der Waals surface area contributed by atoms with Crippen LogP contribution in [-0.2, 0) is 9.59 Å². The predicted molar refractivity (Wildman–Crippen MR) is 132 cm³/mol. The lowest BCUT2D eigenvalue weighted by Crippen LogP contribution is -2.29. The molecule has 1 N–H and O–H groups in total. The number of hydrogen-bond donors (Lipinski definition) is 1. The highest BCUT2D eigenvalue weighted by Gasteiger charge is 2.31. The van der Waals surface area contributed by atoms with Crippen LogP contribution in [0.25, 0.3) is 6.08 Å². The molecular weight excluding hydrogens is 480 g/mol. The van der Waals surface area contributed by atoms with E-state index in [1.807, 2.05) is 61.5 Å². The maximum Gasteiger partial charge on any atom is 0.266 e. The molecule has 1 heterocycles. The molecule has 1 fully saturated rings. The van der Waals surface area contributed by atoms with Crippen molar-refractivity contribution in [3.05, 3.63) is 69.0 Å². The predicted octanol–water partition coefficient (Wildman–Crippen LogP) is 6.16. The SMILES string of the molecule is Cc1ccc(/C=C2\SC(=S)N(CCCCCC(=O)Nc3ccc(Br)cc3)C2=O)cc1. The van der Waals surface area contributed by atoms with Crippen LogP contribution >= 0.6 is 39.9 Å². The first-order valence-corrected chi connectivity index (χ1v) is 11.8. The summed E-state index contributed by atoms with van der Waals surface area (Å²) in [5.74, 6) is -0.0254. The lowest BCUT2D eigenvalue weighted by molar-refractivity contribution is -0.122. The minimum Gasteiger partial charge on any atom is -0.326 e. The number of unbranched alkanes of at least 4 members (excludes halogenated alkanes) is 2. The molecule has 4 nitrogen and oxygen atoms in total. The van der Waals surface area contributed by atoms with Crippen LogP contribution in [0.2, 0.25) is 0 Å². The lowest BCUT2D eigenvalue weighted by atomic mass is 10.1. The number of nitrogens with zero attached hydrogens (tertiary/aromatic N) is 1. The number of benzene rings is 2. The fraction of sp³-hybridized carbons (Fsp3) is 0.261. The second kappa shape index (κ2) is 10.9. The van der Waals surface area contributed by atoms with Crippen LogP contribution in [0.1, 0.15) is 36.8 Å². The van der Waals surface area contributed by atoms with Crippen molar-refractivity contribution in [3.8, 4) is 0 Å². The Labute approximate surface area is 195 Å². The normalized spacial score (nSPS) is 15.1. The standard InChI is InChI=1S/C23H23BrN2O2S2/c1-16-6-8-17(9-7-16)15-20-22(28)26(23(29)30-20)14-4-2-3-5-21(27)25-19-12-10-18(24)11-13-19/h6-13,15H,2-5,14H2,1H3,(H,25,27)/b20-15-. The van der Waals surface area contributed by atoms with Crippen LogP contribution in [-0.4, -0.2) is 27.6 Å². The maximum absolute atomic E-state index is 12.7. The number of halogens is 1. The minimum atomic E-state index is -0.0291. The molecule has 0 atom stereocenters. The van der Waals surface area contributed by atoms with Gasteiger partial charge in [-0.1, -0.05) is 76.2 Å². The number of carbonyl (C=O) groups is 2. The van der Waals surface area contributed by atoms with Gasteiger partial charge in [-0.15, -0.1) is 0 Å². The van der Waals surface area contributed by atoms with Crippen molar-refractivity contribution in [2.75, 3.05) is 11.9 Å². The molecule has 156 valence electrons. The van der Waals surface area contributed by atoms with Crippen LogP contribution in [0.4, 0.5) is 5.69 Å². The van der Waals surface area contributed by atoms with E-state index in [4.69, 9.17) is 12.2 Å². The number of anilines is 1. The highest BCUT2D eigenvalue weighted by Crippen LogP contribution is 2.32. The fourth-order valence-electron chi connectivity index (χ4n) is 3.00. The Balaban J connectivity index is 1.40. The molecule has 2 aromatic rings. The maximum atomic E-state index is 12.7. The highest BCUT2D eigenvalue weighted by atomic mass is 79.9. The summed E-state index contributed by atoms with van der Waals surface area (Å²) in [5, 5.41) is 2.89. The monoisotopic (exact) mass is 502 g/mol. The average Bonchev–Trinajstić information content (AvgIpc) is 2.98. The molecule has 2 aromatic carbocycles. The molecule has 1 aliphatic heterocycles. The Morgan fingerprint density at radius 2 is 1.80 bits per heavy atom. The molecule has 0 unspecified atom stereocenters. The number of carbonyl (C=O) groups excluding carboxylic acids is 2. The Morgan fingerprint density at radius 3 is 2.50 bits per heavy atom. The molecule has 0 radical (unpaired) electrons. The third-order valence-electron chi connectivity index (χ3n) is 4.66. The van der Waals surface area contributed by atoms with Crippen molar-refractivity contribution in [3.63, 3.8) is 0 Å². The Kier molecular flexibility index (Phi) is 8.24. The van der Waals surface area contributed by atoms with Gasteiger partial charge in [0.15, 0.2) is 0 Å². The van der Waals surface area contributed by atoms with Crippen molar-refractivity contribution in [2.24, 2.45) is 0 Å². The van der Waals surface area contributed by atoms with E-state index in [2.05, 4.69) is 21.2 Å². The number of thioether (sulfide) groups is 1. The summed E-state index contributed by atoms with van der Waals surface area (Å²) in [4.78, 5) is 27.0. The summed E-state index contributed by atoms with van der Waals surface area (Å²) < 4.78 is 1.58. The summed E-state index contributed by atoms with van der Waals surface area (Å²) >= 11 is 10.1. The summed E-state index contributed by atoms with van der Waals surface area (Å²) in [5.41, 5.74) is 2.98. The number of thiocarbonyl (C=S) groups is 1. The van der Waals surface area contributed by atoms with E-state index in [0.29, 0.717) is 22.2 Å². The molecule has 1 saturated heterocycles. The molecule has 0 saturated carbocycles. The number of amides is 2. The van der Waals surface area contributed by atoms with Gasteiger partial charge in [-0.25, -0.2) is 0 Å². The van der Waals surface area contributed by atoms with Crippen LogP contribution in [0.15, 0.2) is 57.9 Å². The van der Waals surface area contributed by atoms with Crippen LogP contribution in [0, 0.1) is 6.92 Å². The van der Waals surface area contributed by atoms with Gasteiger partial charge in [-0.05, 0) is 55.7 Å². The summed E-state index contributed by atoms with van der Waals surface area (Å²) in [6, 6.07) is 15.6. The van der Waals surface area contributed by atoms with Gasteiger partial charge < -0.3 is 5.32 Å². The van der Waals surface area contributed by atoms with Gasteiger partial charge in [0.1, 0.15) is 4.32 Å². The summed E-state index contributed by atoms with van der Waals surface area (Å²) in [7, 11) is 0. The molecule has 7 heteroatoms. The first kappa shape index (κ1) is 22.7. The van der Waals surface area contributed by atoms with Crippen molar-refractivity contribution in [2.45, 2.75) is 32.6 Å². The Morgan fingerprint density at radius 1 is 1.10 bits per heavy atom. The fourth-order valence-corrected chi connectivity index (χ4v) is 4.57. The zero-order valence-corrected chi connectivity index (χ0v) is 19.9. The minimum absolute atomic E-state index is 0.00367. The molecule has 1 aliphatic rings. The first-order chi connectivity index (χ1) is 14.4. The molecule has 0 aliphatic carbocycles. The third kappa shape index (κ3) is 6.52. The van der Waals surface area contributed by atoms with E-state index in [1.54, 1.807) is 4.90 Å². The molecule has 0 aromatic heterocycles. The number of rotatable bonds is 8. The third-order valence-corrected chi connectivity index (χ3v) is 6.57. The molecular formula is C23H23BrN2O2S2. The lowest BCUT2D eigenvalue weighted by Gasteiger charge is -2.14. The van der Waals surface area contributed by atoms with Gasteiger partial charge in [0.2, 0.25) is 5.91 Å². The van der Waals surface area contributed by atoms with Gasteiger partial charge in [0.05, 0.1) is 4.91 Å². The van der Waals surface area contributed by atoms with E-state index < -0.39 is 0 Å². The summed E-state index contributed by atoms with van der Waals surface area (Å²) in [6.45, 7) is 2.62. The van der Waals surface area contributed by atoms with Crippen LogP contribution in [0.3, 0.4) is 0 Å². The van der Waals surface area contributed by atoms with Crippen molar-refractivity contribution < 1.29 is 9.59 Å². The number of nitrogens with one attached hydrogen (secondary N) is 1. The van der Waals surface area contributed by atoms with Gasteiger partial charge >= 0.3 is 0 Å². The first-order valence-electron chi connectivity index (χ1n) is 9.80. The number of aryl methyl sites for hydroxylation is 1. The topological polar surface area (TPSA) is 49.4 Å². The van der Waals surface area contributed by atoms with Crippen molar-refractivity contribution >= 4 is 67.8 Å². The van der Waals surface area contributed by atoms with Crippen molar-refractivity contribution in [1.29, 1.82) is 0 Å². The van der Waals surface area contributed by atoms with Gasteiger partial charge in [0.25, 0.3) is 5.91 Å². The molecule has 0 spiro atoms. The summed E-state index contributed by atoms with van der Waals surface area (Å²) in [6.07, 6.45) is 4.81. The highest BCUT2D eigenvalue weighted by molar-refractivity contribution is 9.10. The zero-order chi connectivity index (χ0) is 21.5. The van der Waals surface area contributed by atoms with E-state index in [9.17, 15) is 9.59 Å². The van der Waals surface area contributed by atoms with Gasteiger partial charge in [-0.2, -0.15) is 0 Å². The van der Waals surface area contributed by atoms with Crippen LogP contribution < -0.4 is 5.32 Å². The van der Waals surface area contributed by atoms with Gasteiger partial charge in [0, 0.05) is 23.1 Å². The van der Waals surface area contributed by atoms with E-state index >= 15 is 0 Å². The molecule has 0 bridgehead atoms. The van der Waals surface area contributed by atoms with Gasteiger partial charge in [-0.3, -0.25) is 14.5 Å². The Bertz CT molecular complexity index is 956. The van der Waals surface area contributed by atoms with E-state index in [-0.39, 0.29) is 11.8 Å². The molecule has 3 rings (SSSR count). The van der Waals surface area contributed by atoms with Crippen molar-refractivity contribution in [1.82, 2.24) is 4.90 Å². The molecule has 30 heavy (non-hydrogen) atoms. The smallest absolute Gasteiger partial charge is 0.266 e. The average molecular weight is 503 g/mol. The van der Waals surface area contributed by atoms with E-state index in [0.717, 1.165) is 35.0 Å². The quantitative estimate of drug-likeness (QED) is 0.266. The second-order valence-corrected chi connectivity index (χ2v) is 9.70. The second-order valence-electron chi connectivity index (χ2n) is 7.11. The van der Waals surface area contributed by atoms with E-state index in [1.165, 1.54) is 17.3 Å². The molecule has 2 amide bonds. The zero-order valence-electron chi connectivity index (χ0n) is 16.7. The Hall–Kier alpha value is -1.96. The number of hydrogen-bond acceptors (Lipinski definition) is 4.